The van der Waals surface area contributed by atoms with E-state index in [1.165, 1.54) is 6.08 Å². The maximum absolute atomic E-state index is 12.0. The van der Waals surface area contributed by atoms with Crippen molar-refractivity contribution in [1.82, 2.24) is 10.2 Å². The van der Waals surface area contributed by atoms with Gasteiger partial charge in [0.1, 0.15) is 6.61 Å². The van der Waals surface area contributed by atoms with Crippen molar-refractivity contribution >= 4 is 29.6 Å². The number of anilines is 1. The number of para-hydroxylation sites is 2. The monoisotopic (exact) mass is 383 g/mol. The van der Waals surface area contributed by atoms with Crippen LogP contribution in [0.5, 0.6) is 11.5 Å². The average molecular weight is 384 g/mol. The lowest BCUT2D eigenvalue weighted by atomic mass is 10.2. The van der Waals surface area contributed by atoms with Gasteiger partial charge < -0.3 is 13.9 Å². The molecule has 27 heavy (non-hydrogen) atoms. The predicted molar refractivity (Wildman–Crippen MR) is 98.7 cm³/mol. The Kier molecular flexibility index (Phi) is 4.76. The standard InChI is InChI=1S/C19H14ClN3O4/c20-13-6-2-1-5-12(13)9-10-17(24)21-19-23-22-18(27-19)16-11-25-14-7-3-4-8-15(14)26-16/h1-10,16H,11H2,(H,21,23,24). The first-order valence-electron chi connectivity index (χ1n) is 8.14. The maximum Gasteiger partial charge on any atom is 0.322 e. The van der Waals surface area contributed by atoms with Crippen molar-refractivity contribution in [2.45, 2.75) is 6.10 Å². The zero-order valence-corrected chi connectivity index (χ0v) is 14.7. The second-order valence-electron chi connectivity index (χ2n) is 5.65. The van der Waals surface area contributed by atoms with Gasteiger partial charge in [0.2, 0.25) is 6.10 Å². The Hall–Kier alpha value is -3.32. The molecule has 2 heterocycles. The van der Waals surface area contributed by atoms with Crippen LogP contribution in [0.3, 0.4) is 0 Å². The number of carbonyl (C=O) groups excluding carboxylic acids is 1. The van der Waals surface area contributed by atoms with Crippen LogP contribution in [0.4, 0.5) is 6.01 Å². The lowest BCUT2D eigenvalue weighted by molar-refractivity contribution is -0.112. The van der Waals surface area contributed by atoms with Crippen molar-refractivity contribution in [3.8, 4) is 11.5 Å². The molecule has 1 N–H and O–H groups in total. The fraction of sp³-hybridized carbons (Fsp3) is 0.105. The zero-order chi connectivity index (χ0) is 18.6. The van der Waals surface area contributed by atoms with Crippen molar-refractivity contribution in [3.63, 3.8) is 0 Å². The summed E-state index contributed by atoms with van der Waals surface area (Å²) in [6, 6.07) is 14.5. The Morgan fingerprint density at radius 3 is 2.74 bits per heavy atom. The molecule has 1 aliphatic heterocycles. The molecule has 1 unspecified atom stereocenters. The summed E-state index contributed by atoms with van der Waals surface area (Å²) in [5.74, 6) is 1.05. The van der Waals surface area contributed by atoms with E-state index in [1.807, 2.05) is 30.3 Å². The summed E-state index contributed by atoms with van der Waals surface area (Å²) in [5.41, 5.74) is 0.729. The summed E-state index contributed by atoms with van der Waals surface area (Å²) in [4.78, 5) is 12.0. The molecule has 0 radical (unpaired) electrons. The van der Waals surface area contributed by atoms with Crippen molar-refractivity contribution in [1.29, 1.82) is 0 Å². The van der Waals surface area contributed by atoms with E-state index in [2.05, 4.69) is 15.5 Å². The van der Waals surface area contributed by atoms with Gasteiger partial charge in [-0.1, -0.05) is 47.0 Å². The SMILES string of the molecule is O=C(C=Cc1ccccc1Cl)Nc1nnc(C2COc3ccccc3O2)o1. The minimum atomic E-state index is -0.545. The lowest BCUT2D eigenvalue weighted by Crippen LogP contribution is -2.21. The van der Waals surface area contributed by atoms with Crippen molar-refractivity contribution in [2.24, 2.45) is 0 Å². The van der Waals surface area contributed by atoms with Crippen LogP contribution in [0.25, 0.3) is 6.08 Å². The van der Waals surface area contributed by atoms with E-state index in [4.69, 9.17) is 25.5 Å². The Labute approximate surface area is 159 Å². The van der Waals surface area contributed by atoms with Gasteiger partial charge in [0, 0.05) is 11.1 Å². The molecule has 136 valence electrons. The van der Waals surface area contributed by atoms with Crippen LogP contribution in [0, 0.1) is 0 Å². The number of ether oxygens (including phenoxy) is 2. The van der Waals surface area contributed by atoms with Crippen LogP contribution in [0.15, 0.2) is 59.0 Å². The van der Waals surface area contributed by atoms with Gasteiger partial charge in [-0.3, -0.25) is 10.1 Å². The zero-order valence-electron chi connectivity index (χ0n) is 14.0. The number of carbonyl (C=O) groups is 1. The Morgan fingerprint density at radius 1 is 1.11 bits per heavy atom. The van der Waals surface area contributed by atoms with Crippen LogP contribution in [0.1, 0.15) is 17.6 Å². The van der Waals surface area contributed by atoms with Crippen molar-refractivity contribution in [2.75, 3.05) is 11.9 Å². The normalized spacial score (nSPS) is 15.7. The van der Waals surface area contributed by atoms with E-state index in [9.17, 15) is 4.79 Å². The Morgan fingerprint density at radius 2 is 1.89 bits per heavy atom. The average Bonchev–Trinajstić information content (AvgIpc) is 3.15. The topological polar surface area (TPSA) is 86.5 Å². The molecule has 4 rings (SSSR count). The maximum atomic E-state index is 12.0. The number of amides is 1. The van der Waals surface area contributed by atoms with Gasteiger partial charge in [-0.15, -0.1) is 5.10 Å². The number of hydrogen-bond acceptors (Lipinski definition) is 6. The number of nitrogens with one attached hydrogen (secondary N) is 1. The number of benzene rings is 2. The van der Waals surface area contributed by atoms with Crippen molar-refractivity contribution < 1.29 is 18.7 Å². The highest BCUT2D eigenvalue weighted by Crippen LogP contribution is 2.35. The lowest BCUT2D eigenvalue weighted by Gasteiger charge is -2.23. The molecule has 0 saturated carbocycles. The minimum absolute atomic E-state index is 0.0266. The summed E-state index contributed by atoms with van der Waals surface area (Å²) in [6.07, 6.45) is 2.39. The van der Waals surface area contributed by atoms with Gasteiger partial charge in [-0.2, -0.15) is 0 Å². The minimum Gasteiger partial charge on any atom is -0.485 e. The van der Waals surface area contributed by atoms with Crippen LogP contribution in [0.2, 0.25) is 5.02 Å². The number of hydrogen-bond donors (Lipinski definition) is 1. The quantitative estimate of drug-likeness (QED) is 0.688. The Balaban J connectivity index is 1.40. The smallest absolute Gasteiger partial charge is 0.322 e. The molecular formula is C19H14ClN3O4. The third-order valence-electron chi connectivity index (χ3n) is 3.77. The largest absolute Gasteiger partial charge is 0.485 e. The molecule has 2 aromatic carbocycles. The van der Waals surface area contributed by atoms with Gasteiger partial charge in [-0.25, -0.2) is 0 Å². The van der Waals surface area contributed by atoms with Gasteiger partial charge in [0.05, 0.1) is 0 Å². The highest BCUT2D eigenvalue weighted by Gasteiger charge is 2.27. The molecular weight excluding hydrogens is 370 g/mol. The summed E-state index contributed by atoms with van der Waals surface area (Å²) in [5, 5.41) is 10.8. The molecule has 0 bridgehead atoms. The molecule has 3 aromatic rings. The number of fused-ring (bicyclic) bond motifs is 1. The predicted octanol–water partition coefficient (Wildman–Crippen LogP) is 3.89. The number of rotatable bonds is 4. The van der Waals surface area contributed by atoms with E-state index in [0.29, 0.717) is 16.5 Å². The fourth-order valence-electron chi connectivity index (χ4n) is 2.48. The van der Waals surface area contributed by atoms with Gasteiger partial charge in [-0.05, 0) is 29.8 Å². The van der Waals surface area contributed by atoms with Crippen molar-refractivity contribution in [3.05, 3.63) is 71.1 Å². The molecule has 1 atom stereocenters. The first-order valence-corrected chi connectivity index (χ1v) is 8.52. The summed E-state index contributed by atoms with van der Waals surface area (Å²) in [7, 11) is 0. The van der Waals surface area contributed by atoms with Crippen LogP contribution in [-0.2, 0) is 4.79 Å². The second kappa shape index (κ2) is 7.51. The van der Waals surface area contributed by atoms with E-state index >= 15 is 0 Å². The number of aromatic nitrogens is 2. The Bertz CT molecular complexity index is 1000. The van der Waals surface area contributed by atoms with Gasteiger partial charge in [0.25, 0.3) is 11.8 Å². The van der Waals surface area contributed by atoms with Crippen LogP contribution >= 0.6 is 11.6 Å². The van der Waals surface area contributed by atoms with Gasteiger partial charge in [0.15, 0.2) is 11.5 Å². The highest BCUT2D eigenvalue weighted by atomic mass is 35.5. The number of nitrogens with zero attached hydrogens (tertiary/aromatic N) is 2. The highest BCUT2D eigenvalue weighted by molar-refractivity contribution is 6.32. The van der Waals surface area contributed by atoms with E-state index in [1.54, 1.807) is 24.3 Å². The third kappa shape index (κ3) is 3.93. The van der Waals surface area contributed by atoms with Gasteiger partial charge >= 0.3 is 6.01 Å². The molecule has 7 nitrogen and oxygen atoms in total. The summed E-state index contributed by atoms with van der Waals surface area (Å²) >= 11 is 6.04. The molecule has 1 amide bonds. The molecule has 0 aliphatic carbocycles. The van der Waals surface area contributed by atoms with Crippen LogP contribution < -0.4 is 14.8 Å². The summed E-state index contributed by atoms with van der Waals surface area (Å²) < 4.78 is 16.9. The first-order chi connectivity index (χ1) is 13.2. The molecule has 0 fully saturated rings. The second-order valence-corrected chi connectivity index (χ2v) is 6.06. The van der Waals surface area contributed by atoms with Crippen LogP contribution in [-0.4, -0.2) is 22.7 Å². The number of halogens is 1. The van der Waals surface area contributed by atoms with E-state index in [-0.39, 0.29) is 18.5 Å². The summed E-state index contributed by atoms with van der Waals surface area (Å²) in [6.45, 7) is 0.235. The van der Waals surface area contributed by atoms with E-state index < -0.39 is 12.0 Å². The molecule has 0 saturated heterocycles. The molecule has 1 aromatic heterocycles. The van der Waals surface area contributed by atoms with E-state index in [0.717, 1.165) is 5.56 Å². The first kappa shape index (κ1) is 17.1. The molecule has 8 heteroatoms. The fourth-order valence-corrected chi connectivity index (χ4v) is 2.68. The molecule has 1 aliphatic rings. The third-order valence-corrected chi connectivity index (χ3v) is 4.12. The molecule has 0 spiro atoms.